The van der Waals surface area contributed by atoms with E-state index in [2.05, 4.69) is 25.0 Å². The summed E-state index contributed by atoms with van der Waals surface area (Å²) >= 11 is 0. The number of nitriles is 1. The predicted molar refractivity (Wildman–Crippen MR) is 243 cm³/mol. The van der Waals surface area contributed by atoms with Crippen molar-refractivity contribution in [1.29, 1.82) is 5.26 Å². The number of imide groups is 1. The fourth-order valence-electron chi connectivity index (χ4n) is 9.74. The highest BCUT2D eigenvalue weighted by Crippen LogP contribution is 2.42. The molecule has 1 unspecified atom stereocenters. The van der Waals surface area contributed by atoms with Crippen LogP contribution in [0.1, 0.15) is 81.5 Å². The second-order valence-corrected chi connectivity index (χ2v) is 19.8. The quantitative estimate of drug-likeness (QED) is 0.159. The number of likely N-dealkylation sites (tertiary alicyclic amines) is 1. The van der Waals surface area contributed by atoms with Crippen molar-refractivity contribution in [2.45, 2.75) is 81.5 Å². The first-order chi connectivity index (χ1) is 32.0. The molecule has 21 heteroatoms. The number of nitrogens with zero attached hydrogens (tertiary/aromatic N) is 8. The molecular formula is C46H51FN10O9S. The summed E-state index contributed by atoms with van der Waals surface area (Å²) in [6.45, 7) is 3.99. The van der Waals surface area contributed by atoms with Gasteiger partial charge < -0.3 is 24.4 Å². The Morgan fingerprint density at radius 3 is 2.55 bits per heavy atom. The molecule has 0 bridgehead atoms. The minimum absolute atomic E-state index is 0.00249. The van der Waals surface area contributed by atoms with Gasteiger partial charge in [-0.05, 0) is 87.1 Å². The molecule has 19 nitrogen and oxygen atoms in total. The second-order valence-electron chi connectivity index (χ2n) is 18.0. The number of nitrogens with one attached hydrogen (secondary N) is 2. The lowest BCUT2D eigenvalue weighted by Crippen LogP contribution is -2.51. The molecule has 67 heavy (non-hydrogen) atoms. The highest BCUT2D eigenvalue weighted by atomic mass is 32.2. The van der Waals surface area contributed by atoms with Crippen LogP contribution in [0.4, 0.5) is 15.8 Å². The number of fused-ring (bicyclic) bond motifs is 2. The fourth-order valence-corrected chi connectivity index (χ4v) is 10.7. The first-order valence-corrected chi connectivity index (χ1v) is 23.8. The first-order valence-electron chi connectivity index (χ1n) is 22.3. The molecule has 4 saturated heterocycles. The van der Waals surface area contributed by atoms with Crippen LogP contribution < -0.4 is 25.2 Å². The molecule has 352 valence electrons. The molecule has 3 N–H and O–H groups in total. The van der Waals surface area contributed by atoms with Crippen molar-refractivity contribution in [3.63, 3.8) is 0 Å². The number of hydrogen-bond acceptors (Lipinski definition) is 13. The maximum Gasteiger partial charge on any atom is 0.301 e. The zero-order valence-corrected chi connectivity index (χ0v) is 38.1. The molecule has 3 aromatic carbocycles. The van der Waals surface area contributed by atoms with Crippen molar-refractivity contribution in [2.75, 3.05) is 56.0 Å². The third-order valence-corrected chi connectivity index (χ3v) is 15.4. The Morgan fingerprint density at radius 1 is 1.07 bits per heavy atom. The van der Waals surface area contributed by atoms with E-state index in [1.54, 1.807) is 16.5 Å². The van der Waals surface area contributed by atoms with Crippen molar-refractivity contribution in [1.82, 2.24) is 33.9 Å². The van der Waals surface area contributed by atoms with Gasteiger partial charge in [0.05, 0.1) is 70.3 Å². The molecule has 4 aliphatic heterocycles. The van der Waals surface area contributed by atoms with Crippen molar-refractivity contribution < 1.29 is 41.8 Å². The van der Waals surface area contributed by atoms with E-state index in [0.29, 0.717) is 75.9 Å². The Labute approximate surface area is 385 Å². The summed E-state index contributed by atoms with van der Waals surface area (Å²) in [5.74, 6) is -2.61. The van der Waals surface area contributed by atoms with Gasteiger partial charge in [0.25, 0.3) is 5.56 Å². The molecule has 9 rings (SSSR count). The van der Waals surface area contributed by atoms with E-state index in [4.69, 9.17) is 9.47 Å². The number of carbonyl (C=O) groups excluding carboxylic acids is 3. The molecule has 5 aromatic rings. The number of amides is 3. The zero-order chi connectivity index (χ0) is 47.4. The van der Waals surface area contributed by atoms with Gasteiger partial charge in [-0.2, -0.15) is 23.1 Å². The number of carbonyl (C=O) groups is 3. The van der Waals surface area contributed by atoms with Crippen molar-refractivity contribution in [2.24, 2.45) is 7.05 Å². The van der Waals surface area contributed by atoms with Gasteiger partial charge in [-0.3, -0.25) is 38.5 Å². The number of aliphatic hydroxyl groups is 1. The lowest BCUT2D eigenvalue weighted by Gasteiger charge is -2.42. The Morgan fingerprint density at radius 2 is 1.84 bits per heavy atom. The Kier molecular flexibility index (Phi) is 12.0. The van der Waals surface area contributed by atoms with Gasteiger partial charge in [-0.1, -0.05) is 6.92 Å². The summed E-state index contributed by atoms with van der Waals surface area (Å²) in [5, 5.41) is 29.7. The molecule has 4 aliphatic rings. The van der Waals surface area contributed by atoms with Gasteiger partial charge in [0.1, 0.15) is 17.4 Å². The minimum Gasteiger partial charge on any atom is -0.453 e. The number of aromatic nitrogens is 4. The lowest BCUT2D eigenvalue weighted by molar-refractivity contribution is -0.142. The topological polar surface area (TPSA) is 234 Å². The number of hydrogen-bond donors (Lipinski definition) is 3. The summed E-state index contributed by atoms with van der Waals surface area (Å²) in [7, 11) is -0.858. The smallest absolute Gasteiger partial charge is 0.301 e. The van der Waals surface area contributed by atoms with Crippen LogP contribution in [0.3, 0.4) is 0 Å². The SMILES string of the molecule is CCN(C)S(=O)(=O)Nc1ccc(F)c(Oc2ccc3ncn([C@H]4COC5(CCN(C(=O)CC6(O)CCN(c7ccc8c(C9CCC(=O)NC9=O)nn(C)c8c7)CC6)CC5)C4)c(=O)c3c2)c1C#N. The molecule has 6 heterocycles. The molecule has 1 spiro atoms. The van der Waals surface area contributed by atoms with Crippen LogP contribution in [-0.2, 0) is 36.4 Å². The van der Waals surface area contributed by atoms with E-state index in [-0.39, 0.29) is 77.7 Å². The number of anilines is 2. The van der Waals surface area contributed by atoms with E-state index >= 15 is 4.39 Å². The maximum atomic E-state index is 15.1. The van der Waals surface area contributed by atoms with Crippen molar-refractivity contribution in [3.8, 4) is 17.6 Å². The standard InChI is InChI=1S/C46H51FN10O9S/c1-4-53(2)67(63,64)52-37-11-9-35(47)42(34(37)25-48)66-30-6-10-36-33(22-30)44(61)57(27-49-36)29-23-46(65-26-29)15-19-56(20-16-46)40(59)24-45(62)13-17-55(18-14-45)28-5-7-31-38(21-28)54(3)51-41(31)32-8-12-39(58)50-43(32)60/h5-7,9-11,21-22,27,29,32,52,62H,4,8,12-20,23-24,26H2,1-3H3,(H,50,58,60)/t29-,32?/m1/s1. The van der Waals surface area contributed by atoms with Crippen LogP contribution in [-0.4, -0.2) is 117 Å². The average Bonchev–Trinajstić information content (AvgIpc) is 3.87. The average molecular weight is 939 g/mol. The third kappa shape index (κ3) is 8.81. The van der Waals surface area contributed by atoms with E-state index in [9.17, 15) is 38.0 Å². The molecule has 0 radical (unpaired) electrons. The highest BCUT2D eigenvalue weighted by molar-refractivity contribution is 7.90. The summed E-state index contributed by atoms with van der Waals surface area (Å²) in [5.41, 5.74) is 0.157. The van der Waals surface area contributed by atoms with Crippen LogP contribution in [0.15, 0.2) is 59.7 Å². The van der Waals surface area contributed by atoms with E-state index < -0.39 is 38.9 Å². The number of benzene rings is 3. The number of piperidine rings is 3. The molecule has 3 amide bonds. The molecular weight excluding hydrogens is 888 g/mol. The number of aryl methyl sites for hydroxylation is 1. The molecule has 2 atom stereocenters. The van der Waals surface area contributed by atoms with E-state index in [1.807, 2.05) is 31.3 Å². The van der Waals surface area contributed by atoms with E-state index in [1.165, 1.54) is 36.1 Å². The van der Waals surface area contributed by atoms with Crippen LogP contribution in [0, 0.1) is 17.1 Å². The van der Waals surface area contributed by atoms with Gasteiger partial charge in [-0.25, -0.2) is 9.37 Å². The predicted octanol–water partition coefficient (Wildman–Crippen LogP) is 3.96. The van der Waals surface area contributed by atoms with Crippen LogP contribution in [0.25, 0.3) is 21.8 Å². The molecule has 4 fully saturated rings. The first kappa shape index (κ1) is 45.7. The Balaban J connectivity index is 0.806. The van der Waals surface area contributed by atoms with Gasteiger partial charge in [0.15, 0.2) is 11.6 Å². The summed E-state index contributed by atoms with van der Waals surface area (Å²) < 4.78 is 59.3. The van der Waals surface area contributed by atoms with Gasteiger partial charge >= 0.3 is 10.2 Å². The van der Waals surface area contributed by atoms with Crippen molar-refractivity contribution >= 4 is 61.1 Å². The third-order valence-electron chi connectivity index (χ3n) is 13.9. The summed E-state index contributed by atoms with van der Waals surface area (Å²) in [4.78, 5) is 60.4. The zero-order valence-electron chi connectivity index (χ0n) is 37.3. The second kappa shape index (κ2) is 17.6. The van der Waals surface area contributed by atoms with Gasteiger partial charge in [0, 0.05) is 64.3 Å². The monoisotopic (exact) mass is 938 g/mol. The normalized spacial score (nSPS) is 20.7. The highest BCUT2D eigenvalue weighted by Gasteiger charge is 2.45. The van der Waals surface area contributed by atoms with Crippen molar-refractivity contribution in [3.05, 3.63) is 82.3 Å². The van der Waals surface area contributed by atoms with Gasteiger partial charge in [-0.15, -0.1) is 0 Å². The molecule has 0 saturated carbocycles. The Hall–Kier alpha value is -6.47. The lowest BCUT2D eigenvalue weighted by atomic mass is 9.85. The fraction of sp³-hybridized carbons (Fsp3) is 0.457. The number of ether oxygens (including phenoxy) is 2. The van der Waals surface area contributed by atoms with Gasteiger partial charge in [0.2, 0.25) is 17.7 Å². The summed E-state index contributed by atoms with van der Waals surface area (Å²) in [6, 6.07) is 14.0. The minimum atomic E-state index is -4.04. The van der Waals surface area contributed by atoms with Crippen LogP contribution in [0.5, 0.6) is 11.5 Å². The number of rotatable bonds is 11. The Bertz CT molecular complexity index is 3030. The summed E-state index contributed by atoms with van der Waals surface area (Å²) in [6.07, 6.45) is 4.56. The van der Waals surface area contributed by atoms with Crippen LogP contribution >= 0.6 is 0 Å². The van der Waals surface area contributed by atoms with Crippen LogP contribution in [0.2, 0.25) is 0 Å². The maximum absolute atomic E-state index is 15.1. The molecule has 0 aliphatic carbocycles. The van der Waals surface area contributed by atoms with E-state index in [0.717, 1.165) is 33.0 Å². The molecule has 2 aromatic heterocycles. The number of halogens is 1. The largest absolute Gasteiger partial charge is 0.453 e.